The van der Waals surface area contributed by atoms with Gasteiger partial charge in [-0.3, -0.25) is 0 Å². The first-order chi connectivity index (χ1) is 2.77. The Kier molecular flexibility index (Phi) is 3.08. The van der Waals surface area contributed by atoms with Crippen molar-refractivity contribution in [1.29, 1.82) is 0 Å². The average Bonchev–Trinajstić information content (AvgIpc) is 1.35. The minimum absolute atomic E-state index is 0.319. The molecule has 0 aliphatic rings. The highest BCUT2D eigenvalue weighted by atomic mass is 17.1. The molecule has 0 unspecified atom stereocenters. The molecule has 1 radical (unpaired) electrons. The Morgan fingerprint density at radius 3 is 2.17 bits per heavy atom. The van der Waals surface area contributed by atoms with Gasteiger partial charge in [-0.2, -0.15) is 0 Å². The molecule has 0 aromatic carbocycles. The van der Waals surface area contributed by atoms with E-state index in [1.165, 1.54) is 0 Å². The predicted molar refractivity (Wildman–Crippen MR) is 21.5 cm³/mol. The SMILES string of the molecule is CC(C)CO[O]. The Hall–Kier alpha value is -0.0800. The van der Waals surface area contributed by atoms with Crippen LogP contribution in [0.25, 0.3) is 0 Å². The molecule has 0 saturated carbocycles. The van der Waals surface area contributed by atoms with Crippen LogP contribution in [-0.2, 0) is 10.1 Å². The van der Waals surface area contributed by atoms with Crippen molar-refractivity contribution in [3.63, 3.8) is 0 Å². The molecule has 0 aliphatic heterocycles. The highest BCUT2D eigenvalue weighted by Crippen LogP contribution is 1.88. The van der Waals surface area contributed by atoms with Crippen molar-refractivity contribution >= 4 is 0 Å². The van der Waals surface area contributed by atoms with E-state index in [0.29, 0.717) is 12.5 Å². The highest BCUT2D eigenvalue weighted by Gasteiger charge is 1.88. The van der Waals surface area contributed by atoms with Crippen LogP contribution in [-0.4, -0.2) is 6.61 Å². The smallest absolute Gasteiger partial charge is 0.0877 e. The summed E-state index contributed by atoms with van der Waals surface area (Å²) >= 11 is 0. The summed E-state index contributed by atoms with van der Waals surface area (Å²) in [6.07, 6.45) is 0. The van der Waals surface area contributed by atoms with Gasteiger partial charge in [-0.05, 0) is 11.2 Å². The van der Waals surface area contributed by atoms with Gasteiger partial charge in [-0.25, -0.2) is 4.89 Å². The zero-order valence-electron chi connectivity index (χ0n) is 4.10. The molecular formula is C4H9O2. The lowest BCUT2D eigenvalue weighted by Crippen LogP contribution is -1.95. The fourth-order valence-corrected chi connectivity index (χ4v) is 0.136. The summed E-state index contributed by atoms with van der Waals surface area (Å²) in [5.74, 6) is 0.363. The second kappa shape index (κ2) is 3.12. The van der Waals surface area contributed by atoms with Crippen LogP contribution in [0.1, 0.15) is 13.8 Å². The van der Waals surface area contributed by atoms with Crippen molar-refractivity contribution in [2.24, 2.45) is 5.92 Å². The predicted octanol–water partition coefficient (Wildman–Crippen LogP) is 1.00. The van der Waals surface area contributed by atoms with Gasteiger partial charge in [0.25, 0.3) is 0 Å². The lowest BCUT2D eigenvalue weighted by molar-refractivity contribution is -0.308. The van der Waals surface area contributed by atoms with E-state index in [2.05, 4.69) is 4.89 Å². The summed E-state index contributed by atoms with van der Waals surface area (Å²) in [5.41, 5.74) is 0. The Bertz CT molecular complexity index is 26.7. The Balaban J connectivity index is 2.63. The number of hydrogen-bond acceptors (Lipinski definition) is 1. The molecular weight excluding hydrogens is 80.0 g/mol. The van der Waals surface area contributed by atoms with Gasteiger partial charge < -0.3 is 0 Å². The molecule has 2 nitrogen and oxygen atoms in total. The molecule has 0 heterocycles. The van der Waals surface area contributed by atoms with Crippen LogP contribution in [0, 0.1) is 5.92 Å². The lowest BCUT2D eigenvalue weighted by atomic mass is 10.2. The van der Waals surface area contributed by atoms with Gasteiger partial charge >= 0.3 is 0 Å². The molecule has 0 aliphatic carbocycles. The molecule has 0 amide bonds. The molecule has 0 saturated heterocycles. The van der Waals surface area contributed by atoms with E-state index in [4.69, 9.17) is 0 Å². The number of rotatable bonds is 2. The third-order valence-electron chi connectivity index (χ3n) is 0.401. The van der Waals surface area contributed by atoms with E-state index in [0.717, 1.165) is 0 Å². The maximum atomic E-state index is 9.24. The van der Waals surface area contributed by atoms with Gasteiger partial charge in [-0.15, -0.1) is 0 Å². The standard InChI is InChI=1S/C4H9O2/c1-4(2)3-6-5/h4H,3H2,1-2H3. The van der Waals surface area contributed by atoms with E-state index < -0.39 is 0 Å². The molecule has 0 aromatic heterocycles. The summed E-state index contributed by atoms with van der Waals surface area (Å²) in [4.78, 5) is 3.55. The van der Waals surface area contributed by atoms with Crippen molar-refractivity contribution in [2.75, 3.05) is 6.61 Å². The molecule has 0 atom stereocenters. The van der Waals surface area contributed by atoms with Gasteiger partial charge in [0, 0.05) is 0 Å². The summed E-state index contributed by atoms with van der Waals surface area (Å²) in [7, 11) is 0. The highest BCUT2D eigenvalue weighted by molar-refractivity contribution is 4.33. The summed E-state index contributed by atoms with van der Waals surface area (Å²) in [5, 5.41) is 9.24. The van der Waals surface area contributed by atoms with Crippen LogP contribution in [0.2, 0.25) is 0 Å². The Morgan fingerprint density at radius 1 is 1.67 bits per heavy atom. The molecule has 0 aromatic rings. The van der Waals surface area contributed by atoms with Crippen LogP contribution in [0.3, 0.4) is 0 Å². The first kappa shape index (κ1) is 5.92. The quantitative estimate of drug-likeness (QED) is 0.366. The molecule has 6 heavy (non-hydrogen) atoms. The molecule has 37 valence electrons. The Morgan fingerprint density at radius 2 is 2.17 bits per heavy atom. The van der Waals surface area contributed by atoms with Crippen molar-refractivity contribution < 1.29 is 10.1 Å². The van der Waals surface area contributed by atoms with Crippen LogP contribution in [0.15, 0.2) is 0 Å². The first-order valence-corrected chi connectivity index (χ1v) is 2.02. The van der Waals surface area contributed by atoms with Gasteiger partial charge in [0.15, 0.2) is 0 Å². The zero-order valence-corrected chi connectivity index (χ0v) is 4.10. The van der Waals surface area contributed by atoms with Gasteiger partial charge in [0.05, 0.1) is 6.61 Å². The van der Waals surface area contributed by atoms with E-state index in [1.807, 2.05) is 13.8 Å². The largest absolute Gasteiger partial charge is 0.204 e. The van der Waals surface area contributed by atoms with Crippen LogP contribution in [0.5, 0.6) is 0 Å². The van der Waals surface area contributed by atoms with E-state index in [1.54, 1.807) is 0 Å². The zero-order chi connectivity index (χ0) is 4.99. The monoisotopic (exact) mass is 89.1 g/mol. The summed E-state index contributed by atoms with van der Waals surface area (Å²) in [6.45, 7) is 4.18. The minimum Gasteiger partial charge on any atom is -0.204 e. The maximum absolute atomic E-state index is 9.24. The third kappa shape index (κ3) is 3.92. The van der Waals surface area contributed by atoms with Crippen LogP contribution < -0.4 is 0 Å². The third-order valence-corrected chi connectivity index (χ3v) is 0.401. The average molecular weight is 89.1 g/mol. The van der Waals surface area contributed by atoms with Crippen LogP contribution >= 0.6 is 0 Å². The fourth-order valence-electron chi connectivity index (χ4n) is 0.136. The normalized spacial score (nSPS) is 10.0. The van der Waals surface area contributed by atoms with Crippen molar-refractivity contribution in [2.45, 2.75) is 13.8 Å². The molecule has 0 spiro atoms. The van der Waals surface area contributed by atoms with Crippen LogP contribution in [0.4, 0.5) is 0 Å². The fraction of sp³-hybridized carbons (Fsp3) is 1.00. The van der Waals surface area contributed by atoms with E-state index >= 15 is 0 Å². The number of hydrogen-bond donors (Lipinski definition) is 0. The van der Waals surface area contributed by atoms with Crippen molar-refractivity contribution in [3.05, 3.63) is 0 Å². The van der Waals surface area contributed by atoms with Gasteiger partial charge in [0.2, 0.25) is 0 Å². The van der Waals surface area contributed by atoms with Crippen molar-refractivity contribution in [3.8, 4) is 0 Å². The molecule has 0 bridgehead atoms. The Labute approximate surface area is 37.7 Å². The lowest BCUT2D eigenvalue weighted by Gasteiger charge is -1.93. The molecule has 2 heteroatoms. The summed E-state index contributed by atoms with van der Waals surface area (Å²) < 4.78 is 0. The van der Waals surface area contributed by atoms with Gasteiger partial charge in [0.1, 0.15) is 0 Å². The molecule has 0 fully saturated rings. The summed E-state index contributed by atoms with van der Waals surface area (Å²) in [6, 6.07) is 0. The topological polar surface area (TPSA) is 29.1 Å². The second-order valence-corrected chi connectivity index (χ2v) is 1.68. The van der Waals surface area contributed by atoms with Gasteiger partial charge in [-0.1, -0.05) is 13.8 Å². The molecule has 0 rings (SSSR count). The van der Waals surface area contributed by atoms with Crippen molar-refractivity contribution in [1.82, 2.24) is 0 Å². The van der Waals surface area contributed by atoms with E-state index in [-0.39, 0.29) is 0 Å². The maximum Gasteiger partial charge on any atom is 0.0877 e. The molecule has 0 N–H and O–H groups in total. The minimum atomic E-state index is 0.319. The second-order valence-electron chi connectivity index (χ2n) is 1.68. The first-order valence-electron chi connectivity index (χ1n) is 2.02. The van der Waals surface area contributed by atoms with E-state index in [9.17, 15) is 5.26 Å².